The molecule has 7 nitrogen and oxygen atoms in total. The van der Waals surface area contributed by atoms with Gasteiger partial charge in [0.2, 0.25) is 11.7 Å². The van der Waals surface area contributed by atoms with E-state index in [1.54, 1.807) is 24.3 Å². The van der Waals surface area contributed by atoms with Crippen molar-refractivity contribution in [2.24, 2.45) is 5.92 Å². The minimum atomic E-state index is -1.20. The molecule has 0 aliphatic rings. The topological polar surface area (TPSA) is 113 Å². The summed E-state index contributed by atoms with van der Waals surface area (Å²) < 4.78 is 0. The van der Waals surface area contributed by atoms with E-state index in [0.29, 0.717) is 0 Å². The van der Waals surface area contributed by atoms with Crippen LogP contribution in [0, 0.1) is 5.92 Å². The van der Waals surface area contributed by atoms with Gasteiger partial charge in [0.25, 0.3) is 5.91 Å². The average molecular weight is 348 g/mol. The van der Waals surface area contributed by atoms with E-state index in [-0.39, 0.29) is 18.8 Å². The van der Waals surface area contributed by atoms with Crippen LogP contribution >= 0.6 is 0 Å². The van der Waals surface area contributed by atoms with Crippen LogP contribution < -0.4 is 10.6 Å². The third kappa shape index (κ3) is 7.15. The molecule has 7 heteroatoms. The van der Waals surface area contributed by atoms with Crippen molar-refractivity contribution in [2.75, 3.05) is 0 Å². The van der Waals surface area contributed by atoms with Crippen molar-refractivity contribution in [3.8, 4) is 0 Å². The minimum Gasteiger partial charge on any atom is -0.480 e. The second-order valence-corrected chi connectivity index (χ2v) is 6.31. The van der Waals surface area contributed by atoms with E-state index in [1.807, 2.05) is 19.9 Å². The Morgan fingerprint density at radius 1 is 1.00 bits per heavy atom. The SMILES string of the molecule is CC(C)C[C@H](NC(=O)C(=O)[C@H](C)NC(=O)Cc1ccccc1)C(=O)O. The van der Waals surface area contributed by atoms with Crippen LogP contribution in [0.5, 0.6) is 0 Å². The molecule has 0 aromatic heterocycles. The number of aliphatic carboxylic acids is 1. The maximum Gasteiger partial charge on any atom is 0.326 e. The molecule has 2 atom stereocenters. The van der Waals surface area contributed by atoms with Crippen LogP contribution in [0.2, 0.25) is 0 Å². The second kappa shape index (κ2) is 9.56. The Balaban J connectivity index is 2.57. The Morgan fingerprint density at radius 2 is 1.60 bits per heavy atom. The highest BCUT2D eigenvalue weighted by atomic mass is 16.4. The van der Waals surface area contributed by atoms with E-state index in [0.717, 1.165) is 5.56 Å². The number of nitrogens with one attached hydrogen (secondary N) is 2. The smallest absolute Gasteiger partial charge is 0.326 e. The molecule has 0 bridgehead atoms. The summed E-state index contributed by atoms with van der Waals surface area (Å²) in [5, 5.41) is 13.8. The summed E-state index contributed by atoms with van der Waals surface area (Å²) in [5.74, 6) is -3.44. The van der Waals surface area contributed by atoms with Gasteiger partial charge in [-0.25, -0.2) is 4.79 Å². The van der Waals surface area contributed by atoms with Gasteiger partial charge in [-0.1, -0.05) is 44.2 Å². The maximum absolute atomic E-state index is 12.1. The van der Waals surface area contributed by atoms with Crippen molar-refractivity contribution in [3.05, 3.63) is 35.9 Å². The molecule has 1 aromatic carbocycles. The van der Waals surface area contributed by atoms with Crippen LogP contribution in [0.15, 0.2) is 30.3 Å². The number of benzene rings is 1. The van der Waals surface area contributed by atoms with Gasteiger partial charge in [0.1, 0.15) is 6.04 Å². The van der Waals surface area contributed by atoms with Crippen molar-refractivity contribution < 1.29 is 24.3 Å². The minimum absolute atomic E-state index is 0.0412. The summed E-state index contributed by atoms with van der Waals surface area (Å²) in [6.07, 6.45) is 0.300. The average Bonchev–Trinajstić information content (AvgIpc) is 2.53. The fourth-order valence-electron chi connectivity index (χ4n) is 2.26. The molecule has 0 unspecified atom stereocenters. The number of rotatable bonds is 9. The first-order chi connectivity index (χ1) is 11.7. The molecule has 136 valence electrons. The molecule has 2 amide bonds. The summed E-state index contributed by atoms with van der Waals surface area (Å²) in [6, 6.07) is 6.81. The van der Waals surface area contributed by atoms with E-state index in [1.165, 1.54) is 6.92 Å². The fraction of sp³-hybridized carbons (Fsp3) is 0.444. The first-order valence-electron chi connectivity index (χ1n) is 8.11. The number of carboxylic acid groups (broad SMARTS) is 1. The summed E-state index contributed by atoms with van der Waals surface area (Å²) in [7, 11) is 0. The van der Waals surface area contributed by atoms with E-state index in [2.05, 4.69) is 10.6 Å². The molecule has 3 N–H and O–H groups in total. The molecule has 0 saturated heterocycles. The van der Waals surface area contributed by atoms with E-state index in [4.69, 9.17) is 5.11 Å². The van der Waals surface area contributed by atoms with Crippen molar-refractivity contribution in [1.29, 1.82) is 0 Å². The Hall–Kier alpha value is -2.70. The maximum atomic E-state index is 12.1. The zero-order chi connectivity index (χ0) is 19.0. The zero-order valence-electron chi connectivity index (χ0n) is 14.6. The molecule has 0 spiro atoms. The summed E-state index contributed by atoms with van der Waals surface area (Å²) in [4.78, 5) is 47.1. The van der Waals surface area contributed by atoms with E-state index < -0.39 is 35.7 Å². The van der Waals surface area contributed by atoms with Gasteiger partial charge >= 0.3 is 5.97 Å². The Morgan fingerprint density at radius 3 is 2.12 bits per heavy atom. The molecule has 1 aromatic rings. The molecule has 0 fully saturated rings. The lowest BCUT2D eigenvalue weighted by molar-refractivity contribution is -0.145. The molecule has 0 aliphatic carbocycles. The quantitative estimate of drug-likeness (QED) is 0.574. The van der Waals surface area contributed by atoms with E-state index in [9.17, 15) is 19.2 Å². The van der Waals surface area contributed by atoms with Crippen LogP contribution in [-0.2, 0) is 25.6 Å². The first kappa shape index (κ1) is 20.3. The van der Waals surface area contributed by atoms with Crippen molar-refractivity contribution in [3.63, 3.8) is 0 Å². The van der Waals surface area contributed by atoms with Gasteiger partial charge in [-0.05, 0) is 24.8 Å². The van der Waals surface area contributed by atoms with Crippen LogP contribution in [0.3, 0.4) is 0 Å². The Kier molecular flexibility index (Phi) is 7.78. The van der Waals surface area contributed by atoms with Crippen LogP contribution in [0.4, 0.5) is 0 Å². The molecule has 0 heterocycles. The number of carbonyl (C=O) groups is 4. The molecule has 0 saturated carbocycles. The number of carboxylic acids is 1. The molecular formula is C18H24N2O5. The lowest BCUT2D eigenvalue weighted by atomic mass is 10.0. The van der Waals surface area contributed by atoms with Gasteiger partial charge in [-0.15, -0.1) is 0 Å². The summed E-state index contributed by atoms with van der Waals surface area (Å²) in [6.45, 7) is 5.02. The lowest BCUT2D eigenvalue weighted by Gasteiger charge is -2.18. The monoisotopic (exact) mass is 348 g/mol. The highest BCUT2D eigenvalue weighted by molar-refractivity contribution is 6.38. The van der Waals surface area contributed by atoms with Gasteiger partial charge in [-0.2, -0.15) is 0 Å². The van der Waals surface area contributed by atoms with Gasteiger partial charge in [0, 0.05) is 0 Å². The predicted octanol–water partition coefficient (Wildman–Crippen LogP) is 0.918. The summed E-state index contributed by atoms with van der Waals surface area (Å²) >= 11 is 0. The highest BCUT2D eigenvalue weighted by Gasteiger charge is 2.28. The molecule has 1 rings (SSSR count). The van der Waals surface area contributed by atoms with E-state index >= 15 is 0 Å². The van der Waals surface area contributed by atoms with Gasteiger partial charge in [-0.3, -0.25) is 14.4 Å². The molecule has 0 aliphatic heterocycles. The number of ketones is 1. The number of carbonyl (C=O) groups excluding carboxylic acids is 3. The molecule has 0 radical (unpaired) electrons. The number of amides is 2. The number of hydrogen-bond acceptors (Lipinski definition) is 4. The van der Waals surface area contributed by atoms with Gasteiger partial charge in [0.05, 0.1) is 12.5 Å². The lowest BCUT2D eigenvalue weighted by Crippen LogP contribution is -2.50. The highest BCUT2D eigenvalue weighted by Crippen LogP contribution is 2.05. The normalized spacial score (nSPS) is 13.0. The third-order valence-corrected chi connectivity index (χ3v) is 3.51. The zero-order valence-corrected chi connectivity index (χ0v) is 14.6. The first-order valence-corrected chi connectivity index (χ1v) is 8.11. The van der Waals surface area contributed by atoms with Crippen LogP contribution in [0.1, 0.15) is 32.8 Å². The summed E-state index contributed by atoms with van der Waals surface area (Å²) in [5.41, 5.74) is 0.784. The molecular weight excluding hydrogens is 324 g/mol. The van der Waals surface area contributed by atoms with Crippen molar-refractivity contribution >= 4 is 23.6 Å². The second-order valence-electron chi connectivity index (χ2n) is 6.31. The Labute approximate surface area is 146 Å². The standard InChI is InChI=1S/C18H24N2O5/c1-11(2)9-14(18(24)25)20-17(23)16(22)12(3)19-15(21)10-13-7-5-4-6-8-13/h4-8,11-12,14H,9-10H2,1-3H3,(H,19,21)(H,20,23)(H,24,25)/t12-,14-/m0/s1. The van der Waals surface area contributed by atoms with Gasteiger partial charge in [0.15, 0.2) is 0 Å². The largest absolute Gasteiger partial charge is 0.480 e. The third-order valence-electron chi connectivity index (χ3n) is 3.51. The van der Waals surface area contributed by atoms with Crippen molar-refractivity contribution in [1.82, 2.24) is 10.6 Å². The number of hydrogen-bond donors (Lipinski definition) is 3. The predicted molar refractivity (Wildman–Crippen MR) is 91.8 cm³/mol. The number of Topliss-reactive ketones (excluding diaryl/α,β-unsaturated/α-hetero) is 1. The van der Waals surface area contributed by atoms with Crippen molar-refractivity contribution in [2.45, 2.75) is 45.7 Å². The van der Waals surface area contributed by atoms with Crippen LogP contribution in [0.25, 0.3) is 0 Å². The van der Waals surface area contributed by atoms with Crippen LogP contribution in [-0.4, -0.2) is 40.8 Å². The Bertz CT molecular complexity index is 628. The van der Waals surface area contributed by atoms with Gasteiger partial charge < -0.3 is 15.7 Å². The molecule has 25 heavy (non-hydrogen) atoms. The fourth-order valence-corrected chi connectivity index (χ4v) is 2.26.